The number of nitrogens with zero attached hydrogens (tertiary/aromatic N) is 4. The Morgan fingerprint density at radius 2 is 1.76 bits per heavy atom. The normalized spacial score (nSPS) is 10.3. The van der Waals surface area contributed by atoms with Crippen LogP contribution >= 0.6 is 0 Å². The van der Waals surface area contributed by atoms with E-state index < -0.39 is 0 Å². The zero-order chi connectivity index (χ0) is 17.8. The molecule has 3 aromatic rings. The molecule has 0 saturated heterocycles. The van der Waals surface area contributed by atoms with Gasteiger partial charge in [0.2, 0.25) is 0 Å². The second kappa shape index (κ2) is 6.96. The van der Waals surface area contributed by atoms with Gasteiger partial charge in [-0.25, -0.2) is 9.67 Å². The van der Waals surface area contributed by atoms with E-state index in [4.69, 9.17) is 0 Å². The molecule has 0 bridgehead atoms. The summed E-state index contributed by atoms with van der Waals surface area (Å²) in [5, 5.41) is 6.83. The molecule has 0 aliphatic heterocycles. The lowest BCUT2D eigenvalue weighted by Crippen LogP contribution is -2.24. The summed E-state index contributed by atoms with van der Waals surface area (Å²) >= 11 is 0. The molecule has 7 nitrogen and oxygen atoms in total. The summed E-state index contributed by atoms with van der Waals surface area (Å²) in [6, 6.07) is 13.9. The first-order valence-corrected chi connectivity index (χ1v) is 7.63. The van der Waals surface area contributed by atoms with E-state index >= 15 is 0 Å². The number of para-hydroxylation sites is 1. The molecule has 0 aliphatic carbocycles. The number of carbonyl (C=O) groups excluding carboxylic acids is 2. The summed E-state index contributed by atoms with van der Waals surface area (Å²) in [6.45, 7) is 0. The maximum absolute atomic E-state index is 12.5. The largest absolute Gasteiger partial charge is 0.345 e. The Bertz CT molecular complexity index is 886. The molecule has 0 unspecified atom stereocenters. The van der Waals surface area contributed by atoms with Crippen molar-refractivity contribution < 1.29 is 9.59 Å². The van der Waals surface area contributed by atoms with Gasteiger partial charge < -0.3 is 10.2 Å². The van der Waals surface area contributed by atoms with Crippen LogP contribution in [-0.2, 0) is 0 Å². The zero-order valence-electron chi connectivity index (χ0n) is 13.9. The van der Waals surface area contributed by atoms with Crippen molar-refractivity contribution in [1.29, 1.82) is 0 Å². The third-order valence-corrected chi connectivity index (χ3v) is 3.62. The third-order valence-electron chi connectivity index (χ3n) is 3.62. The van der Waals surface area contributed by atoms with Crippen LogP contribution in [0.1, 0.15) is 20.7 Å². The number of rotatable bonds is 4. The highest BCUT2D eigenvalue weighted by Crippen LogP contribution is 2.18. The summed E-state index contributed by atoms with van der Waals surface area (Å²) < 4.78 is 1.60. The van der Waals surface area contributed by atoms with Crippen molar-refractivity contribution >= 4 is 17.5 Å². The van der Waals surface area contributed by atoms with Gasteiger partial charge in [-0.2, -0.15) is 5.10 Å². The monoisotopic (exact) mass is 335 g/mol. The van der Waals surface area contributed by atoms with Crippen LogP contribution in [0.5, 0.6) is 0 Å². The first-order chi connectivity index (χ1) is 12.1. The van der Waals surface area contributed by atoms with E-state index in [-0.39, 0.29) is 11.8 Å². The van der Waals surface area contributed by atoms with Crippen molar-refractivity contribution in [3.05, 3.63) is 72.3 Å². The van der Waals surface area contributed by atoms with Gasteiger partial charge in [0, 0.05) is 19.7 Å². The number of nitrogens with one attached hydrogen (secondary N) is 1. The van der Waals surface area contributed by atoms with Crippen molar-refractivity contribution in [3.63, 3.8) is 0 Å². The van der Waals surface area contributed by atoms with E-state index in [2.05, 4.69) is 15.4 Å². The number of hydrogen-bond donors (Lipinski definition) is 1. The number of benzene rings is 2. The van der Waals surface area contributed by atoms with Gasteiger partial charge >= 0.3 is 0 Å². The van der Waals surface area contributed by atoms with Crippen LogP contribution in [0.15, 0.2) is 61.2 Å². The lowest BCUT2D eigenvalue weighted by atomic mass is 10.1. The zero-order valence-corrected chi connectivity index (χ0v) is 13.9. The standard InChI is InChI=1S/C18H17N5O2/c1-22(2)18(25)15-5-3-4-6-16(15)21-17(24)13-7-9-14(10-8-13)23-12-19-11-20-23/h3-12H,1-2H3,(H,21,24). The van der Waals surface area contributed by atoms with Crippen LogP contribution in [-0.4, -0.2) is 45.6 Å². The second-order valence-electron chi connectivity index (χ2n) is 5.59. The second-order valence-corrected chi connectivity index (χ2v) is 5.59. The quantitative estimate of drug-likeness (QED) is 0.793. The van der Waals surface area contributed by atoms with E-state index in [1.165, 1.54) is 11.2 Å². The molecule has 1 heterocycles. The molecule has 0 aliphatic rings. The topological polar surface area (TPSA) is 80.1 Å². The minimum absolute atomic E-state index is 0.169. The van der Waals surface area contributed by atoms with E-state index in [1.54, 1.807) is 73.6 Å². The molecule has 1 N–H and O–H groups in total. The number of carbonyl (C=O) groups is 2. The van der Waals surface area contributed by atoms with Crippen molar-refractivity contribution in [2.24, 2.45) is 0 Å². The first-order valence-electron chi connectivity index (χ1n) is 7.63. The Morgan fingerprint density at radius 3 is 2.40 bits per heavy atom. The fourth-order valence-corrected chi connectivity index (χ4v) is 2.32. The molecule has 2 amide bonds. The Balaban J connectivity index is 1.80. The van der Waals surface area contributed by atoms with Gasteiger partial charge in [-0.05, 0) is 36.4 Å². The molecule has 0 atom stereocenters. The van der Waals surface area contributed by atoms with Crippen LogP contribution in [0.25, 0.3) is 5.69 Å². The summed E-state index contributed by atoms with van der Waals surface area (Å²) in [5.41, 5.74) is 2.21. The molecule has 126 valence electrons. The number of anilines is 1. The summed E-state index contributed by atoms with van der Waals surface area (Å²) in [4.78, 5) is 30.1. The number of hydrogen-bond acceptors (Lipinski definition) is 4. The first kappa shape index (κ1) is 16.4. The third kappa shape index (κ3) is 3.55. The van der Waals surface area contributed by atoms with Gasteiger partial charge in [0.15, 0.2) is 0 Å². The molecular weight excluding hydrogens is 318 g/mol. The highest BCUT2D eigenvalue weighted by atomic mass is 16.2. The lowest BCUT2D eigenvalue weighted by Gasteiger charge is -2.14. The highest BCUT2D eigenvalue weighted by molar-refractivity contribution is 6.08. The molecule has 25 heavy (non-hydrogen) atoms. The van der Waals surface area contributed by atoms with Crippen LogP contribution < -0.4 is 5.32 Å². The van der Waals surface area contributed by atoms with Crippen LogP contribution in [0, 0.1) is 0 Å². The van der Waals surface area contributed by atoms with Crippen LogP contribution in [0.4, 0.5) is 5.69 Å². The van der Waals surface area contributed by atoms with Gasteiger partial charge in [-0.3, -0.25) is 9.59 Å². The lowest BCUT2D eigenvalue weighted by molar-refractivity contribution is 0.0828. The predicted octanol–water partition coefficient (Wildman–Crippen LogP) is 2.22. The molecular formula is C18H17N5O2. The summed E-state index contributed by atoms with van der Waals surface area (Å²) in [5.74, 6) is -0.457. The van der Waals surface area contributed by atoms with Gasteiger partial charge in [0.1, 0.15) is 12.7 Å². The summed E-state index contributed by atoms with van der Waals surface area (Å²) in [7, 11) is 3.34. The van der Waals surface area contributed by atoms with Crippen LogP contribution in [0.2, 0.25) is 0 Å². The van der Waals surface area contributed by atoms with E-state index in [1.807, 2.05) is 0 Å². The average molecular weight is 335 g/mol. The molecule has 0 fully saturated rings. The van der Waals surface area contributed by atoms with Gasteiger partial charge in [-0.15, -0.1) is 0 Å². The fraction of sp³-hybridized carbons (Fsp3) is 0.111. The summed E-state index contributed by atoms with van der Waals surface area (Å²) in [6.07, 6.45) is 3.03. The van der Waals surface area contributed by atoms with Gasteiger partial charge in [0.05, 0.1) is 16.9 Å². The van der Waals surface area contributed by atoms with Crippen molar-refractivity contribution in [1.82, 2.24) is 19.7 Å². The van der Waals surface area contributed by atoms with E-state index in [9.17, 15) is 9.59 Å². The maximum atomic E-state index is 12.5. The molecule has 7 heteroatoms. The Labute approximate surface area is 144 Å². The molecule has 0 radical (unpaired) electrons. The van der Waals surface area contributed by atoms with Crippen molar-refractivity contribution in [2.75, 3.05) is 19.4 Å². The van der Waals surface area contributed by atoms with E-state index in [0.29, 0.717) is 16.8 Å². The predicted molar refractivity (Wildman–Crippen MR) is 93.8 cm³/mol. The van der Waals surface area contributed by atoms with Gasteiger partial charge in [0.25, 0.3) is 11.8 Å². The minimum atomic E-state index is -0.288. The number of amides is 2. The number of aromatic nitrogens is 3. The Kier molecular flexibility index (Phi) is 4.56. The molecule has 2 aromatic carbocycles. The average Bonchev–Trinajstić information content (AvgIpc) is 3.16. The SMILES string of the molecule is CN(C)C(=O)c1ccccc1NC(=O)c1ccc(-n2cncn2)cc1. The van der Waals surface area contributed by atoms with E-state index in [0.717, 1.165) is 5.69 Å². The van der Waals surface area contributed by atoms with Gasteiger partial charge in [-0.1, -0.05) is 12.1 Å². The Morgan fingerprint density at radius 1 is 1.04 bits per heavy atom. The fourth-order valence-electron chi connectivity index (χ4n) is 2.32. The minimum Gasteiger partial charge on any atom is -0.345 e. The maximum Gasteiger partial charge on any atom is 0.255 e. The molecule has 3 rings (SSSR count). The van der Waals surface area contributed by atoms with Crippen molar-refractivity contribution in [2.45, 2.75) is 0 Å². The molecule has 0 spiro atoms. The Hall–Kier alpha value is -3.48. The molecule has 1 aromatic heterocycles. The van der Waals surface area contributed by atoms with Crippen LogP contribution in [0.3, 0.4) is 0 Å². The molecule has 0 saturated carbocycles. The highest BCUT2D eigenvalue weighted by Gasteiger charge is 2.15. The smallest absolute Gasteiger partial charge is 0.255 e. The van der Waals surface area contributed by atoms with Crippen molar-refractivity contribution in [3.8, 4) is 5.69 Å².